The zero-order valence-electron chi connectivity index (χ0n) is 25.9. The minimum absolute atomic E-state index is 0.533. The fourth-order valence-corrected chi connectivity index (χ4v) is 15.3. The van der Waals surface area contributed by atoms with Gasteiger partial charge in [-0.1, -0.05) is 63.8 Å². The van der Waals surface area contributed by atoms with Gasteiger partial charge in [0.2, 0.25) is 0 Å². The third-order valence-corrected chi connectivity index (χ3v) is 17.6. The number of rotatable bonds is 2. The van der Waals surface area contributed by atoms with E-state index in [0.717, 1.165) is 46.0 Å². The van der Waals surface area contributed by atoms with Gasteiger partial charge in [-0.25, -0.2) is 0 Å². The lowest BCUT2D eigenvalue weighted by atomic mass is 9.48. The van der Waals surface area contributed by atoms with Gasteiger partial charge >= 0.3 is 0 Å². The van der Waals surface area contributed by atoms with Crippen LogP contribution in [0.4, 0.5) is 0 Å². The molecule has 8 rings (SSSR count). The molecule has 0 aromatic carbocycles. The molecule has 8 aliphatic rings. The lowest BCUT2D eigenvalue weighted by molar-refractivity contribution is -0.0249. The normalized spacial score (nSPS) is 56.2. The van der Waals surface area contributed by atoms with Crippen LogP contribution in [0, 0.1) is 57.2 Å². The van der Waals surface area contributed by atoms with Crippen molar-refractivity contribution in [3.63, 3.8) is 0 Å². The van der Waals surface area contributed by atoms with Gasteiger partial charge in [0.15, 0.2) is 0 Å². The molecule has 0 aromatic heterocycles. The average Bonchev–Trinajstić information content (AvgIpc) is 3.51. The molecule has 6 fully saturated rings. The summed E-state index contributed by atoms with van der Waals surface area (Å²) >= 11 is 2.46. The molecule has 0 aromatic rings. The minimum Gasteiger partial charge on any atom is -0.154 e. The Bertz CT molecular complexity index is 971. The number of hydrogen-bond acceptors (Lipinski definition) is 1. The van der Waals surface area contributed by atoms with Crippen LogP contribution < -0.4 is 0 Å². The van der Waals surface area contributed by atoms with Gasteiger partial charge in [-0.05, 0) is 160 Å². The van der Waals surface area contributed by atoms with E-state index >= 15 is 0 Å². The van der Waals surface area contributed by atoms with Crippen molar-refractivity contribution in [2.45, 2.75) is 154 Å². The standard InChI is InChI=1S/C38H58S/c1-35-17-5-7-31(35)29-11-9-25-23-27(13-21-37(25,3)33(29)15-19-35)39-28-14-22-38(4)26(24-28)10-12-30-32-8-6-18-36(32,2)20-16-34(30)38/h9-10,27-34H,5-8,11-24H2,1-4H3/t27-,28-,29-,30-,31-,32+,33-,34+,35-,36-,37-,38-/m0/s1. The van der Waals surface area contributed by atoms with E-state index < -0.39 is 0 Å². The first-order valence-electron chi connectivity index (χ1n) is 17.8. The van der Waals surface area contributed by atoms with Gasteiger partial charge in [0.25, 0.3) is 0 Å². The van der Waals surface area contributed by atoms with Crippen molar-refractivity contribution in [1.29, 1.82) is 0 Å². The molecule has 0 saturated heterocycles. The molecule has 0 heterocycles. The smallest absolute Gasteiger partial charge is 0.00876 e. The van der Waals surface area contributed by atoms with Crippen molar-refractivity contribution in [1.82, 2.24) is 0 Å². The van der Waals surface area contributed by atoms with Crippen molar-refractivity contribution in [2.24, 2.45) is 57.2 Å². The fourth-order valence-electron chi connectivity index (χ4n) is 13.7. The predicted molar refractivity (Wildman–Crippen MR) is 168 cm³/mol. The molecular weight excluding hydrogens is 488 g/mol. The molecule has 0 spiro atoms. The summed E-state index contributed by atoms with van der Waals surface area (Å²) in [6.45, 7) is 10.8. The number of allylic oxidation sites excluding steroid dienone is 4. The SMILES string of the molecule is C[C@@]12CCC[C@@H]1[C@@H]1CC=C3C[C@@H](S[C@H]4CC[C@@]5(C)C(=CC[C@H]6[C@@H]7CCC[C@@]7(C)CC[C@@H]65)C4)CC[C@]3(C)[C@@H]1CC2. The molecule has 0 unspecified atom stereocenters. The van der Waals surface area contributed by atoms with E-state index in [-0.39, 0.29) is 0 Å². The molecular formula is C38H58S. The van der Waals surface area contributed by atoms with E-state index in [1.165, 1.54) is 116 Å². The second-order valence-electron chi connectivity index (χ2n) is 17.6. The van der Waals surface area contributed by atoms with E-state index in [1.807, 2.05) is 11.1 Å². The third-order valence-electron chi connectivity index (χ3n) is 16.1. The van der Waals surface area contributed by atoms with Crippen LogP contribution in [0.5, 0.6) is 0 Å². The summed E-state index contributed by atoms with van der Waals surface area (Å²) in [5, 5.41) is 1.78. The molecule has 6 saturated carbocycles. The zero-order valence-corrected chi connectivity index (χ0v) is 26.7. The molecule has 12 atom stereocenters. The summed E-state index contributed by atoms with van der Waals surface area (Å²) in [4.78, 5) is 0. The van der Waals surface area contributed by atoms with Crippen LogP contribution in [0.15, 0.2) is 23.3 Å². The molecule has 39 heavy (non-hydrogen) atoms. The molecule has 0 aliphatic heterocycles. The Labute approximate surface area is 245 Å². The van der Waals surface area contributed by atoms with Gasteiger partial charge in [0.05, 0.1) is 0 Å². The van der Waals surface area contributed by atoms with Crippen LogP contribution >= 0.6 is 11.8 Å². The maximum absolute atomic E-state index is 2.82. The highest BCUT2D eigenvalue weighted by atomic mass is 32.2. The van der Waals surface area contributed by atoms with E-state index in [0.29, 0.717) is 21.7 Å². The molecule has 0 bridgehead atoms. The number of fused-ring (bicyclic) bond motifs is 10. The molecule has 8 aliphatic carbocycles. The van der Waals surface area contributed by atoms with Crippen LogP contribution in [0.1, 0.15) is 143 Å². The monoisotopic (exact) mass is 546 g/mol. The Balaban J connectivity index is 0.942. The summed E-state index contributed by atoms with van der Waals surface area (Å²) < 4.78 is 0. The first-order valence-corrected chi connectivity index (χ1v) is 18.7. The third kappa shape index (κ3) is 3.88. The highest BCUT2D eigenvalue weighted by molar-refractivity contribution is 8.00. The largest absolute Gasteiger partial charge is 0.154 e. The number of thioether (sulfide) groups is 1. The Morgan fingerprint density at radius 2 is 1.00 bits per heavy atom. The molecule has 216 valence electrons. The van der Waals surface area contributed by atoms with E-state index in [2.05, 4.69) is 51.6 Å². The Morgan fingerprint density at radius 3 is 1.46 bits per heavy atom. The number of hydrogen-bond donors (Lipinski definition) is 0. The summed E-state index contributed by atoms with van der Waals surface area (Å²) in [5.74, 6) is 6.06. The Kier molecular flexibility index (Phi) is 6.22. The van der Waals surface area contributed by atoms with Gasteiger partial charge in [0.1, 0.15) is 0 Å². The van der Waals surface area contributed by atoms with Crippen molar-refractivity contribution in [2.75, 3.05) is 0 Å². The van der Waals surface area contributed by atoms with E-state index in [1.54, 1.807) is 0 Å². The van der Waals surface area contributed by atoms with Gasteiger partial charge in [-0.15, -0.1) is 0 Å². The van der Waals surface area contributed by atoms with Gasteiger partial charge in [0, 0.05) is 10.5 Å². The van der Waals surface area contributed by atoms with E-state index in [9.17, 15) is 0 Å². The van der Waals surface area contributed by atoms with Gasteiger partial charge in [-0.2, -0.15) is 11.8 Å². The highest BCUT2D eigenvalue weighted by Crippen LogP contribution is 2.67. The molecule has 0 radical (unpaired) electrons. The van der Waals surface area contributed by atoms with Crippen molar-refractivity contribution in [3.8, 4) is 0 Å². The maximum atomic E-state index is 2.82. The Morgan fingerprint density at radius 1 is 0.538 bits per heavy atom. The van der Waals surface area contributed by atoms with Crippen molar-refractivity contribution >= 4 is 11.8 Å². The summed E-state index contributed by atoms with van der Waals surface area (Å²) in [6, 6.07) is 0. The average molecular weight is 547 g/mol. The lowest BCUT2D eigenvalue weighted by Gasteiger charge is -2.58. The fraction of sp³-hybridized carbons (Fsp3) is 0.895. The van der Waals surface area contributed by atoms with Crippen LogP contribution in [-0.4, -0.2) is 10.5 Å². The van der Waals surface area contributed by atoms with Crippen molar-refractivity contribution < 1.29 is 0 Å². The molecule has 0 nitrogen and oxygen atoms in total. The van der Waals surface area contributed by atoms with Gasteiger partial charge < -0.3 is 0 Å². The molecule has 0 N–H and O–H groups in total. The zero-order chi connectivity index (χ0) is 26.6. The first-order chi connectivity index (χ1) is 18.7. The van der Waals surface area contributed by atoms with Gasteiger partial charge in [-0.3, -0.25) is 0 Å². The van der Waals surface area contributed by atoms with Crippen molar-refractivity contribution in [3.05, 3.63) is 23.3 Å². The summed E-state index contributed by atoms with van der Waals surface area (Å²) in [5.41, 5.74) is 6.27. The topological polar surface area (TPSA) is 0 Å². The Hall–Kier alpha value is -0.170. The van der Waals surface area contributed by atoms with Crippen LogP contribution in [0.25, 0.3) is 0 Å². The van der Waals surface area contributed by atoms with E-state index in [4.69, 9.17) is 0 Å². The second-order valence-corrected chi connectivity index (χ2v) is 19.2. The lowest BCUT2D eigenvalue weighted by Crippen LogP contribution is -2.49. The molecule has 0 amide bonds. The predicted octanol–water partition coefficient (Wildman–Crippen LogP) is 11.2. The minimum atomic E-state index is 0.533. The van der Waals surface area contributed by atoms with Crippen LogP contribution in [0.3, 0.4) is 0 Å². The summed E-state index contributed by atoms with van der Waals surface area (Å²) in [6.07, 6.45) is 32.5. The van der Waals surface area contributed by atoms with Crippen LogP contribution in [0.2, 0.25) is 0 Å². The highest BCUT2D eigenvalue weighted by Gasteiger charge is 2.57. The quantitative estimate of drug-likeness (QED) is 0.310. The first kappa shape index (κ1) is 26.5. The maximum Gasteiger partial charge on any atom is 0.00876 e. The summed E-state index contributed by atoms with van der Waals surface area (Å²) in [7, 11) is 0. The van der Waals surface area contributed by atoms with Crippen LogP contribution in [-0.2, 0) is 0 Å². The second kappa shape index (κ2) is 9.16. The molecule has 1 heteroatoms.